The first kappa shape index (κ1) is 20.7. The number of halogens is 4. The highest BCUT2D eigenvalue weighted by atomic mass is 28.2. The summed E-state index contributed by atoms with van der Waals surface area (Å²) in [5.41, 5.74) is 1.62. The van der Waals surface area contributed by atoms with Crippen LogP contribution in [-0.2, 0) is 0 Å². The minimum Gasteiger partial charge on any atom is -0.429 e. The molecule has 2 aliphatic rings. The highest BCUT2D eigenvalue weighted by Gasteiger charge is 2.31. The zero-order valence-corrected chi connectivity index (χ0v) is 17.4. The summed E-state index contributed by atoms with van der Waals surface area (Å²) >= 11 is 0. The molecule has 0 spiro atoms. The number of alkyl halides is 2. The number of rotatable bonds is 6. The summed E-state index contributed by atoms with van der Waals surface area (Å²) in [5.74, 6) is -1.38. The second-order valence-corrected chi connectivity index (χ2v) is 11.1. The molecule has 0 unspecified atom stereocenters. The molecule has 1 nitrogen and oxygen atoms in total. The monoisotopic (exact) mass is 402 g/mol. The summed E-state index contributed by atoms with van der Waals surface area (Å²) in [5, 5.41) is 0. The maximum atomic E-state index is 14.0. The van der Waals surface area contributed by atoms with E-state index in [1.165, 1.54) is 43.9 Å². The molecule has 0 heterocycles. The Morgan fingerprint density at radius 3 is 1.93 bits per heavy atom. The molecular formula is C21H30F4OSi. The van der Waals surface area contributed by atoms with Gasteiger partial charge in [-0.15, -0.1) is 0 Å². The lowest BCUT2D eigenvalue weighted by Gasteiger charge is -2.38. The molecule has 0 radical (unpaired) electrons. The van der Waals surface area contributed by atoms with Crippen LogP contribution in [0.5, 0.6) is 5.75 Å². The average molecular weight is 403 g/mol. The molecule has 152 valence electrons. The van der Waals surface area contributed by atoms with E-state index < -0.39 is 24.0 Å². The third-order valence-corrected chi connectivity index (χ3v) is 8.94. The van der Waals surface area contributed by atoms with E-state index in [2.05, 4.69) is 11.7 Å². The van der Waals surface area contributed by atoms with Crippen molar-refractivity contribution < 1.29 is 22.3 Å². The normalized spacial score (nSPS) is 29.6. The minimum absolute atomic E-state index is 0.106. The number of hydrogen-bond acceptors (Lipinski definition) is 1. The van der Waals surface area contributed by atoms with Crippen molar-refractivity contribution in [3.8, 4) is 5.75 Å². The lowest BCUT2D eigenvalue weighted by Crippen LogP contribution is -2.25. The van der Waals surface area contributed by atoms with Crippen LogP contribution in [0.3, 0.4) is 0 Å². The summed E-state index contributed by atoms with van der Waals surface area (Å²) < 4.78 is 56.5. The number of benzene rings is 1. The van der Waals surface area contributed by atoms with Crippen LogP contribution in [0.15, 0.2) is 12.1 Å². The molecule has 6 heteroatoms. The Labute approximate surface area is 161 Å². The molecule has 2 fully saturated rings. The fourth-order valence-electron chi connectivity index (χ4n) is 5.30. The van der Waals surface area contributed by atoms with Gasteiger partial charge in [0, 0.05) is 9.52 Å². The molecule has 1 aromatic rings. The Balaban J connectivity index is 1.55. The summed E-state index contributed by atoms with van der Waals surface area (Å²) in [4.78, 5) is 0. The van der Waals surface area contributed by atoms with Gasteiger partial charge < -0.3 is 4.74 Å². The van der Waals surface area contributed by atoms with Gasteiger partial charge in [0.05, 0.1) is 0 Å². The topological polar surface area (TPSA) is 9.23 Å². The van der Waals surface area contributed by atoms with Gasteiger partial charge in [-0.3, -0.25) is 0 Å². The summed E-state index contributed by atoms with van der Waals surface area (Å²) in [6.07, 6.45) is 9.57. The highest BCUT2D eigenvalue weighted by Crippen LogP contribution is 2.45. The molecule has 0 aliphatic heterocycles. The van der Waals surface area contributed by atoms with Crippen LogP contribution in [0.25, 0.3) is 0 Å². The molecule has 0 amide bonds. The van der Waals surface area contributed by atoms with Gasteiger partial charge in [-0.25, -0.2) is 8.78 Å². The second kappa shape index (κ2) is 9.44. The fraction of sp³-hybridized carbons (Fsp3) is 0.714. The predicted octanol–water partition coefficient (Wildman–Crippen LogP) is 6.43. The van der Waals surface area contributed by atoms with E-state index in [9.17, 15) is 17.6 Å². The van der Waals surface area contributed by atoms with Crippen molar-refractivity contribution in [1.29, 1.82) is 0 Å². The maximum Gasteiger partial charge on any atom is 0.387 e. The van der Waals surface area contributed by atoms with Crippen molar-refractivity contribution in [1.82, 2.24) is 0 Å². The van der Waals surface area contributed by atoms with Gasteiger partial charge in [0.25, 0.3) is 0 Å². The van der Waals surface area contributed by atoms with Crippen LogP contribution in [0.2, 0.25) is 11.6 Å². The van der Waals surface area contributed by atoms with Gasteiger partial charge in [-0.1, -0.05) is 44.2 Å². The highest BCUT2D eigenvalue weighted by molar-refractivity contribution is 6.37. The second-order valence-electron chi connectivity index (χ2n) is 8.37. The standard InChI is InChI=1S/C21H30F4OSi/c1-2-27-17-9-7-14(8-10-17)13-3-5-15(6-4-13)16-11-18(22)20(19(23)12-16)26-21(24)25/h11-15,17,21H,2-10,27H2,1H3/t13?,14-,15?,17-. The molecule has 0 aromatic heterocycles. The first-order chi connectivity index (χ1) is 13.0. The van der Waals surface area contributed by atoms with Crippen LogP contribution in [0, 0.1) is 23.5 Å². The van der Waals surface area contributed by atoms with Gasteiger partial charge in [0.2, 0.25) is 0 Å². The van der Waals surface area contributed by atoms with Crippen molar-refractivity contribution in [3.63, 3.8) is 0 Å². The smallest absolute Gasteiger partial charge is 0.387 e. The summed E-state index contributed by atoms with van der Waals surface area (Å²) in [6, 6.07) is 3.76. The molecule has 0 atom stereocenters. The van der Waals surface area contributed by atoms with E-state index in [1.807, 2.05) is 0 Å². The Morgan fingerprint density at radius 1 is 0.926 bits per heavy atom. The Kier molecular flexibility index (Phi) is 7.23. The van der Waals surface area contributed by atoms with E-state index in [-0.39, 0.29) is 15.4 Å². The number of ether oxygens (including phenoxy) is 1. The van der Waals surface area contributed by atoms with Crippen molar-refractivity contribution >= 4 is 9.52 Å². The first-order valence-electron chi connectivity index (χ1n) is 10.4. The SMILES string of the molecule is CC[SiH2][C@H]1CC[C@H](C2CCC(c3cc(F)c(OC(F)F)c(F)c3)CC2)CC1. The van der Waals surface area contributed by atoms with Crippen molar-refractivity contribution in [2.24, 2.45) is 11.8 Å². The van der Waals surface area contributed by atoms with E-state index in [0.717, 1.165) is 43.1 Å². The van der Waals surface area contributed by atoms with Gasteiger partial charge in [-0.2, -0.15) is 8.78 Å². The van der Waals surface area contributed by atoms with Gasteiger partial charge in [0.15, 0.2) is 17.4 Å². The Morgan fingerprint density at radius 2 is 1.44 bits per heavy atom. The van der Waals surface area contributed by atoms with Crippen molar-refractivity contribution in [3.05, 3.63) is 29.3 Å². The largest absolute Gasteiger partial charge is 0.429 e. The molecule has 27 heavy (non-hydrogen) atoms. The predicted molar refractivity (Wildman–Crippen MR) is 102 cm³/mol. The maximum absolute atomic E-state index is 14.0. The summed E-state index contributed by atoms with van der Waals surface area (Å²) in [7, 11) is 0.135. The fourth-order valence-corrected chi connectivity index (χ4v) is 7.16. The Hall–Kier alpha value is -1.04. The van der Waals surface area contributed by atoms with Gasteiger partial charge in [0.1, 0.15) is 0 Å². The molecule has 0 N–H and O–H groups in total. The van der Waals surface area contributed by atoms with Crippen LogP contribution in [-0.4, -0.2) is 16.1 Å². The van der Waals surface area contributed by atoms with Crippen LogP contribution in [0.1, 0.15) is 69.8 Å². The average Bonchev–Trinajstić information content (AvgIpc) is 2.65. The van der Waals surface area contributed by atoms with Crippen LogP contribution >= 0.6 is 0 Å². The van der Waals surface area contributed by atoms with E-state index >= 15 is 0 Å². The molecular weight excluding hydrogens is 372 g/mol. The van der Waals surface area contributed by atoms with E-state index in [0.29, 0.717) is 5.56 Å². The van der Waals surface area contributed by atoms with Crippen molar-refractivity contribution in [2.45, 2.75) is 82.4 Å². The molecule has 1 aromatic carbocycles. The Bertz CT molecular complexity index is 585. The number of hydrogen-bond donors (Lipinski definition) is 0. The molecule has 2 aliphatic carbocycles. The lowest BCUT2D eigenvalue weighted by molar-refractivity contribution is -0.0546. The third-order valence-electron chi connectivity index (χ3n) is 6.73. The van der Waals surface area contributed by atoms with Crippen LogP contribution < -0.4 is 4.74 Å². The molecule has 3 rings (SSSR count). The third kappa shape index (κ3) is 5.27. The zero-order chi connectivity index (χ0) is 19.4. The molecule has 0 bridgehead atoms. The lowest BCUT2D eigenvalue weighted by atomic mass is 9.70. The molecule has 2 saturated carbocycles. The minimum atomic E-state index is -3.23. The first-order valence-corrected chi connectivity index (χ1v) is 12.2. The zero-order valence-electron chi connectivity index (χ0n) is 16.0. The summed E-state index contributed by atoms with van der Waals surface area (Å²) in [6.45, 7) is -0.914. The van der Waals surface area contributed by atoms with Crippen molar-refractivity contribution in [2.75, 3.05) is 0 Å². The van der Waals surface area contributed by atoms with E-state index in [1.54, 1.807) is 0 Å². The van der Waals surface area contributed by atoms with E-state index in [4.69, 9.17) is 0 Å². The van der Waals surface area contributed by atoms with Gasteiger partial charge >= 0.3 is 6.61 Å². The van der Waals surface area contributed by atoms with Gasteiger partial charge in [-0.05, 0) is 61.1 Å². The van der Waals surface area contributed by atoms with Crippen LogP contribution in [0.4, 0.5) is 17.6 Å². The quantitative estimate of drug-likeness (QED) is 0.394. The molecule has 0 saturated heterocycles.